The normalized spacial score (nSPS) is 19.7. The van der Waals surface area contributed by atoms with E-state index < -0.39 is 18.1 Å². The Labute approximate surface area is 127 Å². The van der Waals surface area contributed by atoms with Gasteiger partial charge in [-0.05, 0) is 18.6 Å². The molecule has 0 aromatic carbocycles. The Kier molecular flexibility index (Phi) is 3.57. The third-order valence-corrected chi connectivity index (χ3v) is 5.02. The number of amides is 1. The van der Waals surface area contributed by atoms with E-state index in [-0.39, 0.29) is 19.4 Å². The van der Waals surface area contributed by atoms with Gasteiger partial charge in [-0.2, -0.15) is 13.2 Å². The van der Waals surface area contributed by atoms with Crippen LogP contribution in [0, 0.1) is 0 Å². The standard InChI is InChI=1S/C13H10ClF3N2OS/c14-8-3-4-18-9-5-7(21-12(8)9)6-19-10(13(15,16)17)1-2-11(19)20/h3-5,10H,1-2,6H2. The molecule has 1 fully saturated rings. The summed E-state index contributed by atoms with van der Waals surface area (Å²) in [6, 6.07) is 1.62. The summed E-state index contributed by atoms with van der Waals surface area (Å²) in [7, 11) is 0. The molecule has 2 aromatic rings. The minimum Gasteiger partial charge on any atom is -0.325 e. The Hall–Kier alpha value is -1.34. The zero-order valence-electron chi connectivity index (χ0n) is 10.7. The molecule has 1 atom stereocenters. The Morgan fingerprint density at radius 2 is 2.24 bits per heavy atom. The molecule has 1 saturated heterocycles. The number of thiophene rings is 1. The van der Waals surface area contributed by atoms with Crippen LogP contribution in [-0.2, 0) is 11.3 Å². The minimum atomic E-state index is -4.39. The molecule has 21 heavy (non-hydrogen) atoms. The van der Waals surface area contributed by atoms with Crippen molar-refractivity contribution in [3.63, 3.8) is 0 Å². The molecule has 1 unspecified atom stereocenters. The molecule has 0 aliphatic carbocycles. The Bertz CT molecular complexity index is 700. The predicted molar refractivity (Wildman–Crippen MR) is 74.3 cm³/mol. The summed E-state index contributed by atoms with van der Waals surface area (Å²) in [6.45, 7) is -0.0552. The summed E-state index contributed by atoms with van der Waals surface area (Å²) in [4.78, 5) is 17.4. The quantitative estimate of drug-likeness (QED) is 0.831. The van der Waals surface area contributed by atoms with E-state index in [0.29, 0.717) is 15.4 Å². The number of fused-ring (bicyclic) bond motifs is 1. The fourth-order valence-electron chi connectivity index (χ4n) is 2.47. The van der Waals surface area contributed by atoms with Crippen molar-refractivity contribution in [2.75, 3.05) is 0 Å². The van der Waals surface area contributed by atoms with E-state index >= 15 is 0 Å². The molecule has 0 bridgehead atoms. The summed E-state index contributed by atoms with van der Waals surface area (Å²) in [5.74, 6) is -0.464. The highest BCUT2D eigenvalue weighted by molar-refractivity contribution is 7.19. The molecule has 0 spiro atoms. The van der Waals surface area contributed by atoms with Gasteiger partial charge >= 0.3 is 6.18 Å². The maximum absolute atomic E-state index is 12.9. The van der Waals surface area contributed by atoms with Gasteiger partial charge in [-0.3, -0.25) is 9.78 Å². The van der Waals surface area contributed by atoms with E-state index in [1.54, 1.807) is 18.3 Å². The molecular formula is C13H10ClF3N2OS. The van der Waals surface area contributed by atoms with Crippen LogP contribution in [0.25, 0.3) is 10.2 Å². The van der Waals surface area contributed by atoms with Gasteiger partial charge in [0, 0.05) is 17.5 Å². The van der Waals surface area contributed by atoms with Crippen LogP contribution in [0.4, 0.5) is 13.2 Å². The molecule has 1 aliphatic rings. The van der Waals surface area contributed by atoms with Gasteiger partial charge in [-0.1, -0.05) is 11.6 Å². The van der Waals surface area contributed by atoms with Crippen molar-refractivity contribution in [2.24, 2.45) is 0 Å². The molecule has 8 heteroatoms. The smallest absolute Gasteiger partial charge is 0.325 e. The molecule has 3 rings (SSSR count). The van der Waals surface area contributed by atoms with Crippen molar-refractivity contribution >= 4 is 39.1 Å². The van der Waals surface area contributed by atoms with Gasteiger partial charge in [-0.15, -0.1) is 11.3 Å². The van der Waals surface area contributed by atoms with Crippen molar-refractivity contribution < 1.29 is 18.0 Å². The van der Waals surface area contributed by atoms with Gasteiger partial charge in [0.25, 0.3) is 0 Å². The number of rotatable bonds is 2. The van der Waals surface area contributed by atoms with Crippen molar-refractivity contribution in [1.82, 2.24) is 9.88 Å². The Balaban J connectivity index is 1.90. The third kappa shape index (κ3) is 2.72. The lowest BCUT2D eigenvalue weighted by Gasteiger charge is -2.26. The first kappa shape index (κ1) is 14.6. The molecule has 3 heterocycles. The number of pyridine rings is 1. The first-order valence-electron chi connectivity index (χ1n) is 6.25. The number of carbonyl (C=O) groups is 1. The fourth-order valence-corrected chi connectivity index (χ4v) is 3.76. The lowest BCUT2D eigenvalue weighted by molar-refractivity contribution is -0.181. The van der Waals surface area contributed by atoms with Gasteiger partial charge in [0.05, 0.1) is 21.8 Å². The predicted octanol–water partition coefficient (Wildman–Crippen LogP) is 4.00. The second-order valence-electron chi connectivity index (χ2n) is 4.84. The molecule has 0 N–H and O–H groups in total. The topological polar surface area (TPSA) is 33.2 Å². The average Bonchev–Trinajstić information content (AvgIpc) is 2.95. The van der Waals surface area contributed by atoms with Crippen molar-refractivity contribution in [3.8, 4) is 0 Å². The number of nitrogens with zero attached hydrogens (tertiary/aromatic N) is 2. The zero-order valence-corrected chi connectivity index (χ0v) is 12.2. The van der Waals surface area contributed by atoms with Crippen LogP contribution in [0.5, 0.6) is 0 Å². The molecule has 112 valence electrons. The number of aromatic nitrogens is 1. The maximum Gasteiger partial charge on any atom is 0.408 e. The number of alkyl halides is 3. The van der Waals surface area contributed by atoms with Crippen LogP contribution in [0.15, 0.2) is 18.3 Å². The van der Waals surface area contributed by atoms with E-state index in [1.165, 1.54) is 11.3 Å². The SMILES string of the molecule is O=C1CCC(C(F)(F)F)N1Cc1cc2nccc(Cl)c2s1. The van der Waals surface area contributed by atoms with Crippen molar-refractivity contribution in [3.05, 3.63) is 28.2 Å². The van der Waals surface area contributed by atoms with Crippen LogP contribution >= 0.6 is 22.9 Å². The Morgan fingerprint density at radius 1 is 1.48 bits per heavy atom. The van der Waals surface area contributed by atoms with Gasteiger partial charge in [0.15, 0.2) is 0 Å². The van der Waals surface area contributed by atoms with Gasteiger partial charge in [0.2, 0.25) is 5.91 Å². The number of carbonyl (C=O) groups excluding carboxylic acids is 1. The largest absolute Gasteiger partial charge is 0.408 e. The Morgan fingerprint density at radius 3 is 2.90 bits per heavy atom. The second kappa shape index (κ2) is 5.14. The molecule has 0 radical (unpaired) electrons. The zero-order chi connectivity index (χ0) is 15.2. The van der Waals surface area contributed by atoms with Gasteiger partial charge < -0.3 is 4.90 Å². The van der Waals surface area contributed by atoms with E-state index in [0.717, 1.165) is 9.60 Å². The van der Waals surface area contributed by atoms with Gasteiger partial charge in [-0.25, -0.2) is 0 Å². The highest BCUT2D eigenvalue weighted by atomic mass is 35.5. The van der Waals surface area contributed by atoms with Crippen molar-refractivity contribution in [1.29, 1.82) is 0 Å². The number of hydrogen-bond acceptors (Lipinski definition) is 3. The molecule has 3 nitrogen and oxygen atoms in total. The minimum absolute atomic E-state index is 0.0552. The fraction of sp³-hybridized carbons (Fsp3) is 0.385. The summed E-state index contributed by atoms with van der Waals surface area (Å²) < 4.78 is 39.5. The van der Waals surface area contributed by atoms with E-state index in [1.807, 2.05) is 0 Å². The van der Waals surface area contributed by atoms with Crippen LogP contribution < -0.4 is 0 Å². The molecule has 2 aromatic heterocycles. The molecule has 1 aliphatic heterocycles. The molecular weight excluding hydrogens is 325 g/mol. The van der Waals surface area contributed by atoms with Gasteiger partial charge in [0.1, 0.15) is 6.04 Å². The van der Waals surface area contributed by atoms with Crippen LogP contribution in [-0.4, -0.2) is 28.0 Å². The van der Waals surface area contributed by atoms with Crippen molar-refractivity contribution in [2.45, 2.75) is 31.6 Å². The van der Waals surface area contributed by atoms with Crippen LogP contribution in [0.1, 0.15) is 17.7 Å². The summed E-state index contributed by atoms with van der Waals surface area (Å²) in [6.07, 6.45) is -3.08. The second-order valence-corrected chi connectivity index (χ2v) is 6.38. The third-order valence-electron chi connectivity index (χ3n) is 3.45. The summed E-state index contributed by atoms with van der Waals surface area (Å²) in [5.41, 5.74) is 0.637. The number of likely N-dealkylation sites (tertiary alicyclic amines) is 1. The van der Waals surface area contributed by atoms with E-state index in [4.69, 9.17) is 11.6 Å². The molecule has 1 amide bonds. The molecule has 0 saturated carbocycles. The lowest BCUT2D eigenvalue weighted by atomic mass is 10.2. The highest BCUT2D eigenvalue weighted by Gasteiger charge is 2.48. The van der Waals surface area contributed by atoms with Crippen LogP contribution in [0.3, 0.4) is 0 Å². The summed E-state index contributed by atoms with van der Waals surface area (Å²) >= 11 is 7.30. The number of hydrogen-bond donors (Lipinski definition) is 0. The average molecular weight is 335 g/mol. The first-order valence-corrected chi connectivity index (χ1v) is 7.45. The monoisotopic (exact) mass is 334 g/mol. The van der Waals surface area contributed by atoms with E-state index in [2.05, 4.69) is 4.98 Å². The maximum atomic E-state index is 12.9. The highest BCUT2D eigenvalue weighted by Crippen LogP contribution is 2.36. The lowest BCUT2D eigenvalue weighted by Crippen LogP contribution is -2.42. The number of halogens is 4. The van der Waals surface area contributed by atoms with E-state index in [9.17, 15) is 18.0 Å². The van der Waals surface area contributed by atoms with Crippen LogP contribution in [0.2, 0.25) is 5.02 Å². The summed E-state index contributed by atoms with van der Waals surface area (Å²) in [5, 5.41) is 0.511. The first-order chi connectivity index (χ1) is 9.86.